The molecule has 0 aliphatic heterocycles. The molecule has 3 N–H and O–H groups in total. The topological polar surface area (TPSA) is 84.0 Å². The van der Waals surface area contributed by atoms with Crippen molar-refractivity contribution >= 4 is 35.8 Å². The van der Waals surface area contributed by atoms with Gasteiger partial charge in [0.15, 0.2) is 5.96 Å². The number of ether oxygens (including phenoxy) is 2. The van der Waals surface area contributed by atoms with E-state index in [2.05, 4.69) is 27.9 Å². The highest BCUT2D eigenvalue weighted by atomic mass is 127. The minimum absolute atomic E-state index is 0. The number of unbranched alkanes of at least 4 members (excludes halogenated alkanes) is 1. The second-order valence-corrected chi connectivity index (χ2v) is 6.07. The molecule has 1 aromatic rings. The summed E-state index contributed by atoms with van der Waals surface area (Å²) in [6.07, 6.45) is 3.15. The van der Waals surface area contributed by atoms with Gasteiger partial charge in [0.2, 0.25) is 5.91 Å². The highest BCUT2D eigenvalue weighted by Gasteiger charge is 2.03. The summed E-state index contributed by atoms with van der Waals surface area (Å²) in [5.74, 6) is 1.32. The third kappa shape index (κ3) is 12.8. The standard InChI is InChI=1S/C20H34N4O3.HI/c1-4-6-13-27-14-7-12-22-20(21-5-2)24-16-19(25)23-15-17-8-10-18(26-3)11-9-17;/h8-11H,4-7,12-16H2,1-3H3,(H,23,25)(H2,21,22,24);1H. The van der Waals surface area contributed by atoms with E-state index in [4.69, 9.17) is 9.47 Å². The van der Waals surface area contributed by atoms with E-state index < -0.39 is 0 Å². The lowest BCUT2D eigenvalue weighted by Crippen LogP contribution is -2.39. The van der Waals surface area contributed by atoms with Gasteiger partial charge in [-0.1, -0.05) is 25.5 Å². The zero-order chi connectivity index (χ0) is 19.7. The minimum atomic E-state index is -0.120. The van der Waals surface area contributed by atoms with Gasteiger partial charge in [0.05, 0.1) is 7.11 Å². The first kappa shape index (κ1) is 26.4. The molecule has 0 spiro atoms. The first-order valence-electron chi connectivity index (χ1n) is 9.69. The van der Waals surface area contributed by atoms with E-state index >= 15 is 0 Å². The summed E-state index contributed by atoms with van der Waals surface area (Å²) in [4.78, 5) is 16.3. The molecule has 0 atom stereocenters. The maximum atomic E-state index is 12.0. The van der Waals surface area contributed by atoms with Crippen LogP contribution >= 0.6 is 24.0 Å². The summed E-state index contributed by atoms with van der Waals surface area (Å²) in [7, 11) is 1.63. The fourth-order valence-electron chi connectivity index (χ4n) is 2.22. The van der Waals surface area contributed by atoms with Crippen molar-refractivity contribution in [1.29, 1.82) is 0 Å². The molecule has 0 heterocycles. The monoisotopic (exact) mass is 506 g/mol. The predicted octanol–water partition coefficient (Wildman–Crippen LogP) is 2.69. The van der Waals surface area contributed by atoms with E-state index in [0.29, 0.717) is 12.5 Å². The summed E-state index contributed by atoms with van der Waals surface area (Å²) >= 11 is 0. The quantitative estimate of drug-likeness (QED) is 0.166. The fraction of sp³-hybridized carbons (Fsp3) is 0.600. The Bertz CT molecular complexity index is 553. The second kappa shape index (κ2) is 17.5. The average molecular weight is 506 g/mol. The Hall–Kier alpha value is -1.55. The van der Waals surface area contributed by atoms with Crippen molar-refractivity contribution in [2.75, 3.05) is 40.0 Å². The van der Waals surface area contributed by atoms with Crippen LogP contribution in [-0.2, 0) is 16.1 Å². The molecule has 1 rings (SSSR count). The SMILES string of the molecule is CCCCOCCCNC(=NCC(=O)NCc1ccc(OC)cc1)NCC.I. The van der Waals surface area contributed by atoms with Crippen LogP contribution in [0.2, 0.25) is 0 Å². The zero-order valence-corrected chi connectivity index (χ0v) is 19.6. The molecule has 0 saturated heterocycles. The number of aliphatic imine (C=N–C) groups is 1. The van der Waals surface area contributed by atoms with Crippen LogP contribution in [-0.4, -0.2) is 51.8 Å². The van der Waals surface area contributed by atoms with E-state index in [0.717, 1.165) is 56.9 Å². The Balaban J connectivity index is 0.00000729. The molecule has 1 aromatic carbocycles. The van der Waals surface area contributed by atoms with Gasteiger partial charge >= 0.3 is 0 Å². The van der Waals surface area contributed by atoms with E-state index in [1.165, 1.54) is 0 Å². The van der Waals surface area contributed by atoms with Crippen LogP contribution < -0.4 is 20.7 Å². The molecule has 8 heteroatoms. The molecule has 0 aliphatic carbocycles. The molecule has 0 unspecified atom stereocenters. The van der Waals surface area contributed by atoms with Crippen LogP contribution in [0.3, 0.4) is 0 Å². The summed E-state index contributed by atoms with van der Waals surface area (Å²) in [6.45, 7) is 7.74. The smallest absolute Gasteiger partial charge is 0.242 e. The lowest BCUT2D eigenvalue weighted by molar-refractivity contribution is -0.119. The summed E-state index contributed by atoms with van der Waals surface area (Å²) < 4.78 is 10.7. The molecule has 0 aromatic heterocycles. The average Bonchev–Trinajstić information content (AvgIpc) is 2.70. The van der Waals surface area contributed by atoms with Crippen molar-refractivity contribution in [3.63, 3.8) is 0 Å². The van der Waals surface area contributed by atoms with Gasteiger partial charge < -0.3 is 25.4 Å². The van der Waals surface area contributed by atoms with E-state index in [1.54, 1.807) is 7.11 Å². The molecule has 1 amide bonds. The third-order valence-corrected chi connectivity index (χ3v) is 3.77. The highest BCUT2D eigenvalue weighted by molar-refractivity contribution is 14.0. The molecule has 0 saturated carbocycles. The predicted molar refractivity (Wildman–Crippen MR) is 125 cm³/mol. The number of nitrogens with one attached hydrogen (secondary N) is 3. The Morgan fingerprint density at radius 1 is 1.04 bits per heavy atom. The number of carbonyl (C=O) groups excluding carboxylic acids is 1. The first-order chi connectivity index (χ1) is 13.2. The van der Waals surface area contributed by atoms with Crippen LogP contribution in [0.15, 0.2) is 29.3 Å². The molecule has 7 nitrogen and oxygen atoms in total. The third-order valence-electron chi connectivity index (χ3n) is 3.77. The molecule has 0 aliphatic rings. The van der Waals surface area contributed by atoms with Crippen molar-refractivity contribution in [2.45, 2.75) is 39.7 Å². The van der Waals surface area contributed by atoms with Gasteiger partial charge in [0, 0.05) is 32.8 Å². The normalized spacial score (nSPS) is 10.8. The lowest BCUT2D eigenvalue weighted by atomic mass is 10.2. The van der Waals surface area contributed by atoms with Crippen LogP contribution in [0, 0.1) is 0 Å². The number of nitrogens with zero attached hydrogens (tertiary/aromatic N) is 1. The van der Waals surface area contributed by atoms with Crippen molar-refractivity contribution < 1.29 is 14.3 Å². The second-order valence-electron chi connectivity index (χ2n) is 6.07. The summed E-state index contributed by atoms with van der Waals surface area (Å²) in [5.41, 5.74) is 1.02. The van der Waals surface area contributed by atoms with E-state index in [-0.39, 0.29) is 36.4 Å². The number of benzene rings is 1. The minimum Gasteiger partial charge on any atom is -0.497 e. The Morgan fingerprint density at radius 3 is 2.39 bits per heavy atom. The Morgan fingerprint density at radius 2 is 1.75 bits per heavy atom. The number of amides is 1. The van der Waals surface area contributed by atoms with Gasteiger partial charge in [-0.2, -0.15) is 0 Å². The van der Waals surface area contributed by atoms with Gasteiger partial charge in [0.25, 0.3) is 0 Å². The largest absolute Gasteiger partial charge is 0.497 e. The molecule has 160 valence electrons. The molecule has 0 fully saturated rings. The molecule has 28 heavy (non-hydrogen) atoms. The molecular weight excluding hydrogens is 471 g/mol. The van der Waals surface area contributed by atoms with Crippen LogP contribution in [0.5, 0.6) is 5.75 Å². The van der Waals surface area contributed by atoms with Gasteiger partial charge in [-0.15, -0.1) is 24.0 Å². The number of hydrogen-bond acceptors (Lipinski definition) is 4. The molecule has 0 radical (unpaired) electrons. The number of carbonyl (C=O) groups is 1. The van der Waals surface area contributed by atoms with E-state index in [1.807, 2.05) is 31.2 Å². The van der Waals surface area contributed by atoms with Crippen molar-refractivity contribution in [3.8, 4) is 5.75 Å². The van der Waals surface area contributed by atoms with Crippen molar-refractivity contribution in [1.82, 2.24) is 16.0 Å². The number of halogens is 1. The molecular formula is C20H35IN4O3. The van der Waals surface area contributed by atoms with Crippen LogP contribution in [0.1, 0.15) is 38.7 Å². The van der Waals surface area contributed by atoms with Crippen molar-refractivity contribution in [3.05, 3.63) is 29.8 Å². The Kier molecular flexibility index (Phi) is 16.6. The van der Waals surface area contributed by atoms with Gasteiger partial charge in [-0.05, 0) is 37.5 Å². The van der Waals surface area contributed by atoms with E-state index in [9.17, 15) is 4.79 Å². The summed E-state index contributed by atoms with van der Waals surface area (Å²) in [5, 5.41) is 9.23. The van der Waals surface area contributed by atoms with Crippen molar-refractivity contribution in [2.24, 2.45) is 4.99 Å². The van der Waals surface area contributed by atoms with Gasteiger partial charge in [-0.25, -0.2) is 4.99 Å². The zero-order valence-electron chi connectivity index (χ0n) is 17.3. The number of hydrogen-bond donors (Lipinski definition) is 3. The van der Waals surface area contributed by atoms with Crippen LogP contribution in [0.25, 0.3) is 0 Å². The first-order valence-corrected chi connectivity index (χ1v) is 9.69. The summed E-state index contributed by atoms with van der Waals surface area (Å²) in [6, 6.07) is 7.60. The maximum Gasteiger partial charge on any atom is 0.242 e. The lowest BCUT2D eigenvalue weighted by Gasteiger charge is -2.11. The maximum absolute atomic E-state index is 12.0. The molecule has 0 bridgehead atoms. The van der Waals surface area contributed by atoms with Crippen LogP contribution in [0.4, 0.5) is 0 Å². The number of methoxy groups -OCH3 is 1. The van der Waals surface area contributed by atoms with Gasteiger partial charge in [0.1, 0.15) is 12.3 Å². The Labute approximate surface area is 186 Å². The number of rotatable bonds is 13. The van der Waals surface area contributed by atoms with Gasteiger partial charge in [-0.3, -0.25) is 4.79 Å². The fourth-order valence-corrected chi connectivity index (χ4v) is 2.22. The highest BCUT2D eigenvalue weighted by Crippen LogP contribution is 2.10. The number of guanidine groups is 1.